The highest BCUT2D eigenvalue weighted by molar-refractivity contribution is 6.12. The van der Waals surface area contributed by atoms with Crippen LogP contribution in [0.3, 0.4) is 0 Å². The number of ether oxygens (including phenoxy) is 1. The van der Waals surface area contributed by atoms with Crippen molar-refractivity contribution in [2.24, 2.45) is 0 Å². The van der Waals surface area contributed by atoms with E-state index in [1.165, 1.54) is 0 Å². The number of aryl methyl sites for hydroxylation is 1. The third kappa shape index (κ3) is 3.13. The lowest BCUT2D eigenvalue weighted by Gasteiger charge is -2.30. The van der Waals surface area contributed by atoms with Crippen molar-refractivity contribution in [1.29, 1.82) is 0 Å². The van der Waals surface area contributed by atoms with Crippen molar-refractivity contribution < 1.29 is 13.9 Å². The Morgan fingerprint density at radius 3 is 2.55 bits per heavy atom. The fourth-order valence-corrected chi connectivity index (χ4v) is 4.00. The number of anilines is 2. The number of carbonyl (C=O) groups excluding carboxylic acids is 1. The normalized spacial score (nSPS) is 14.4. The first-order chi connectivity index (χ1) is 14.2. The molecule has 1 fully saturated rings. The summed E-state index contributed by atoms with van der Waals surface area (Å²) in [6.07, 6.45) is 0. The van der Waals surface area contributed by atoms with E-state index in [1.54, 1.807) is 0 Å². The smallest absolute Gasteiger partial charge is 0.291 e. The van der Waals surface area contributed by atoms with Gasteiger partial charge in [-0.05, 0) is 24.4 Å². The number of morpholine rings is 1. The van der Waals surface area contributed by atoms with Gasteiger partial charge in [0.2, 0.25) is 0 Å². The van der Waals surface area contributed by atoms with Crippen LogP contribution in [0.4, 0.5) is 11.4 Å². The third-order valence-electron chi connectivity index (χ3n) is 5.54. The van der Waals surface area contributed by atoms with Crippen molar-refractivity contribution in [2.75, 3.05) is 36.5 Å². The summed E-state index contributed by atoms with van der Waals surface area (Å²) in [5.74, 6) is 0.122. The van der Waals surface area contributed by atoms with Crippen LogP contribution in [0.25, 0.3) is 21.7 Å². The van der Waals surface area contributed by atoms with Crippen LogP contribution >= 0.6 is 0 Å². The molecule has 29 heavy (non-hydrogen) atoms. The van der Waals surface area contributed by atoms with Gasteiger partial charge in [-0.25, -0.2) is 0 Å². The first-order valence-electron chi connectivity index (χ1n) is 9.86. The molecule has 146 valence electrons. The maximum Gasteiger partial charge on any atom is 0.291 e. The van der Waals surface area contributed by atoms with Gasteiger partial charge in [-0.3, -0.25) is 4.79 Å². The Bertz CT molecular complexity index is 1210. The van der Waals surface area contributed by atoms with Gasteiger partial charge in [0.15, 0.2) is 5.76 Å². The highest BCUT2D eigenvalue weighted by atomic mass is 16.5. The molecule has 0 aliphatic carbocycles. The minimum atomic E-state index is -0.233. The molecule has 1 aliphatic rings. The Balaban J connectivity index is 1.51. The van der Waals surface area contributed by atoms with E-state index in [2.05, 4.69) is 16.3 Å². The lowest BCUT2D eigenvalue weighted by molar-refractivity contribution is 0.0998. The maximum atomic E-state index is 13.1. The van der Waals surface area contributed by atoms with E-state index in [0.717, 1.165) is 51.8 Å². The Hall–Kier alpha value is -3.31. The van der Waals surface area contributed by atoms with Crippen LogP contribution in [0, 0.1) is 6.92 Å². The minimum Gasteiger partial charge on any atom is -0.450 e. The van der Waals surface area contributed by atoms with Crippen molar-refractivity contribution in [1.82, 2.24) is 0 Å². The van der Waals surface area contributed by atoms with Crippen LogP contribution in [-0.4, -0.2) is 32.2 Å². The molecule has 1 N–H and O–H groups in total. The number of benzene rings is 3. The van der Waals surface area contributed by atoms with E-state index in [1.807, 2.05) is 61.5 Å². The first kappa shape index (κ1) is 17.8. The maximum absolute atomic E-state index is 13.1. The van der Waals surface area contributed by atoms with Crippen LogP contribution in [0.1, 0.15) is 16.1 Å². The zero-order valence-corrected chi connectivity index (χ0v) is 16.3. The van der Waals surface area contributed by atoms with Gasteiger partial charge in [-0.15, -0.1) is 0 Å². The van der Waals surface area contributed by atoms with Gasteiger partial charge in [0.25, 0.3) is 5.91 Å². The molecule has 5 rings (SSSR count). The van der Waals surface area contributed by atoms with Gasteiger partial charge in [-0.2, -0.15) is 0 Å². The molecule has 1 saturated heterocycles. The van der Waals surface area contributed by atoms with E-state index < -0.39 is 0 Å². The average molecular weight is 386 g/mol. The van der Waals surface area contributed by atoms with Gasteiger partial charge < -0.3 is 19.4 Å². The second-order valence-electron chi connectivity index (χ2n) is 7.29. The largest absolute Gasteiger partial charge is 0.450 e. The monoisotopic (exact) mass is 386 g/mol. The van der Waals surface area contributed by atoms with Gasteiger partial charge >= 0.3 is 0 Å². The van der Waals surface area contributed by atoms with Crippen molar-refractivity contribution in [3.8, 4) is 0 Å². The van der Waals surface area contributed by atoms with Gasteiger partial charge in [0.05, 0.1) is 24.6 Å². The molecule has 1 amide bonds. The molecule has 1 aliphatic heterocycles. The molecular formula is C24H22N2O3. The van der Waals surface area contributed by atoms with Gasteiger partial charge in [0, 0.05) is 29.4 Å². The summed E-state index contributed by atoms with van der Waals surface area (Å²) in [7, 11) is 0. The molecule has 5 nitrogen and oxygen atoms in total. The molecule has 5 heteroatoms. The zero-order chi connectivity index (χ0) is 19.8. The number of carbonyl (C=O) groups is 1. The second kappa shape index (κ2) is 7.26. The Morgan fingerprint density at radius 1 is 0.931 bits per heavy atom. The number of amides is 1. The lowest BCUT2D eigenvalue weighted by atomic mass is 10.1. The zero-order valence-electron chi connectivity index (χ0n) is 16.3. The second-order valence-corrected chi connectivity index (χ2v) is 7.29. The summed E-state index contributed by atoms with van der Waals surface area (Å²) < 4.78 is 11.5. The third-order valence-corrected chi connectivity index (χ3v) is 5.54. The van der Waals surface area contributed by atoms with Crippen molar-refractivity contribution in [3.63, 3.8) is 0 Å². The molecule has 0 saturated carbocycles. The Labute approximate surface area is 168 Å². The summed E-state index contributed by atoms with van der Waals surface area (Å²) in [5.41, 5.74) is 3.40. The number of nitrogens with zero attached hydrogens (tertiary/aromatic N) is 1. The molecule has 0 unspecified atom stereocenters. The van der Waals surface area contributed by atoms with Crippen molar-refractivity contribution in [3.05, 3.63) is 72.0 Å². The summed E-state index contributed by atoms with van der Waals surface area (Å²) in [6, 6.07) is 20.0. The predicted octanol–water partition coefficient (Wildman–Crippen LogP) is 4.98. The van der Waals surface area contributed by atoms with E-state index in [-0.39, 0.29) is 5.91 Å². The highest BCUT2D eigenvalue weighted by Gasteiger charge is 2.21. The number of hydrogen-bond donors (Lipinski definition) is 1. The fourth-order valence-electron chi connectivity index (χ4n) is 4.00. The molecule has 3 aromatic carbocycles. The van der Waals surface area contributed by atoms with Crippen molar-refractivity contribution >= 4 is 39.0 Å². The summed E-state index contributed by atoms with van der Waals surface area (Å²) >= 11 is 0. The van der Waals surface area contributed by atoms with Crippen LogP contribution in [0.2, 0.25) is 0 Å². The number of furan rings is 1. The quantitative estimate of drug-likeness (QED) is 0.539. The highest BCUT2D eigenvalue weighted by Crippen LogP contribution is 2.33. The van der Waals surface area contributed by atoms with Crippen LogP contribution < -0.4 is 10.2 Å². The Kier molecular flexibility index (Phi) is 4.45. The number of para-hydroxylation sites is 2. The molecule has 0 radical (unpaired) electrons. The van der Waals surface area contributed by atoms with E-state index in [9.17, 15) is 4.79 Å². The van der Waals surface area contributed by atoms with E-state index in [0.29, 0.717) is 19.0 Å². The molecule has 1 aromatic heterocycles. The van der Waals surface area contributed by atoms with E-state index in [4.69, 9.17) is 9.15 Å². The number of hydrogen-bond acceptors (Lipinski definition) is 4. The first-order valence-corrected chi connectivity index (χ1v) is 9.86. The SMILES string of the molecule is Cc1c(C(=O)Nc2ccccc2N2CCOCC2)oc2c1ccc1ccccc12. The van der Waals surface area contributed by atoms with E-state index >= 15 is 0 Å². The predicted molar refractivity (Wildman–Crippen MR) is 116 cm³/mol. The van der Waals surface area contributed by atoms with Crippen LogP contribution in [0.5, 0.6) is 0 Å². The summed E-state index contributed by atoms with van der Waals surface area (Å²) in [5, 5.41) is 6.14. The summed E-state index contributed by atoms with van der Waals surface area (Å²) in [4.78, 5) is 15.4. The average Bonchev–Trinajstić information content (AvgIpc) is 3.12. The molecule has 4 aromatic rings. The number of rotatable bonds is 3. The molecule has 0 atom stereocenters. The molecular weight excluding hydrogens is 364 g/mol. The molecule has 2 heterocycles. The standard InChI is InChI=1S/C24H22N2O3/c1-16-18-11-10-17-6-2-3-7-19(17)23(18)29-22(16)24(27)25-20-8-4-5-9-21(20)26-12-14-28-15-13-26/h2-11H,12-15H2,1H3,(H,25,27). The topological polar surface area (TPSA) is 54.7 Å². The molecule has 0 spiro atoms. The minimum absolute atomic E-state index is 0.233. The summed E-state index contributed by atoms with van der Waals surface area (Å²) in [6.45, 7) is 4.94. The van der Waals surface area contributed by atoms with Crippen LogP contribution in [-0.2, 0) is 4.74 Å². The van der Waals surface area contributed by atoms with Crippen LogP contribution in [0.15, 0.2) is 65.1 Å². The van der Waals surface area contributed by atoms with Gasteiger partial charge in [-0.1, -0.05) is 48.5 Å². The Morgan fingerprint density at radius 2 is 1.69 bits per heavy atom. The number of fused-ring (bicyclic) bond motifs is 3. The van der Waals surface area contributed by atoms with Crippen molar-refractivity contribution in [2.45, 2.75) is 6.92 Å². The molecule has 0 bridgehead atoms. The van der Waals surface area contributed by atoms with Gasteiger partial charge in [0.1, 0.15) is 5.58 Å². The number of nitrogens with one attached hydrogen (secondary N) is 1. The fraction of sp³-hybridized carbons (Fsp3) is 0.208. The lowest BCUT2D eigenvalue weighted by Crippen LogP contribution is -2.36.